The Labute approximate surface area is 183 Å². The molecule has 0 spiro atoms. The van der Waals surface area contributed by atoms with Crippen LogP contribution in [0, 0.1) is 6.92 Å². The molecule has 0 aliphatic carbocycles. The van der Waals surface area contributed by atoms with Crippen molar-refractivity contribution in [3.05, 3.63) is 126 Å². The van der Waals surface area contributed by atoms with Gasteiger partial charge in [0.15, 0.2) is 0 Å². The van der Waals surface area contributed by atoms with Gasteiger partial charge in [-0.2, -0.15) is 0 Å². The van der Waals surface area contributed by atoms with Crippen LogP contribution in [0.3, 0.4) is 0 Å². The van der Waals surface area contributed by atoms with Crippen LogP contribution >= 0.6 is 0 Å². The van der Waals surface area contributed by atoms with Crippen LogP contribution in [0.5, 0.6) is 0 Å². The standard InChI is InChI=1S/C29H22BN/c1-21-7-9-23(10-8-21)26-15-17-31-18-16-28-27-13-11-24(22-5-3-2-4-6-22)19-25(27)12-14-29(28)30(31)20-26/h2-20H,1H3. The summed E-state index contributed by atoms with van der Waals surface area (Å²) in [4.78, 5) is 2.30. The molecule has 0 N–H and O–H groups in total. The van der Waals surface area contributed by atoms with Gasteiger partial charge in [0.25, 0.3) is 0 Å². The summed E-state index contributed by atoms with van der Waals surface area (Å²) in [6.45, 7) is 2.35. The molecule has 0 atom stereocenters. The highest BCUT2D eigenvalue weighted by molar-refractivity contribution is 6.78. The van der Waals surface area contributed by atoms with Crippen LogP contribution in [-0.4, -0.2) is 11.7 Å². The molecule has 4 aromatic carbocycles. The summed E-state index contributed by atoms with van der Waals surface area (Å²) in [5.74, 6) is 2.39. The Balaban J connectivity index is 1.44. The van der Waals surface area contributed by atoms with Gasteiger partial charge in [-0.25, -0.2) is 0 Å². The molecule has 0 amide bonds. The summed E-state index contributed by atoms with van der Waals surface area (Å²) >= 11 is 0. The van der Waals surface area contributed by atoms with Crippen LogP contribution in [0.2, 0.25) is 0 Å². The molecule has 4 aromatic rings. The van der Waals surface area contributed by atoms with Gasteiger partial charge in [0.1, 0.15) is 0 Å². The molecule has 0 bridgehead atoms. The van der Waals surface area contributed by atoms with Crippen molar-refractivity contribution in [2.75, 3.05) is 0 Å². The summed E-state index contributed by atoms with van der Waals surface area (Å²) < 4.78 is 0. The van der Waals surface area contributed by atoms with Gasteiger partial charge >= 0.3 is 6.85 Å². The third-order valence-corrected chi connectivity index (χ3v) is 6.40. The van der Waals surface area contributed by atoms with Gasteiger partial charge in [-0.15, -0.1) is 0 Å². The molecule has 31 heavy (non-hydrogen) atoms. The Morgan fingerprint density at radius 2 is 1.45 bits per heavy atom. The molecular formula is C29H22BN. The average Bonchev–Trinajstić information content (AvgIpc) is 2.84. The molecule has 0 radical (unpaired) electrons. The van der Waals surface area contributed by atoms with Gasteiger partial charge in [0.2, 0.25) is 0 Å². The average molecular weight is 395 g/mol. The Morgan fingerprint density at radius 3 is 2.29 bits per heavy atom. The molecule has 0 aromatic heterocycles. The lowest BCUT2D eigenvalue weighted by molar-refractivity contribution is 0.799. The fourth-order valence-corrected chi connectivity index (χ4v) is 4.69. The predicted octanol–water partition coefficient (Wildman–Crippen LogP) is 6.45. The van der Waals surface area contributed by atoms with E-state index >= 15 is 0 Å². The molecule has 0 saturated heterocycles. The van der Waals surface area contributed by atoms with E-state index in [1.54, 1.807) is 0 Å². The van der Waals surface area contributed by atoms with Crippen molar-refractivity contribution in [1.82, 2.24) is 4.81 Å². The highest BCUT2D eigenvalue weighted by Crippen LogP contribution is 2.30. The largest absolute Gasteiger partial charge is 0.389 e. The number of fused-ring (bicyclic) bond motifs is 5. The second-order valence-corrected chi connectivity index (χ2v) is 8.38. The summed E-state index contributed by atoms with van der Waals surface area (Å²) in [7, 11) is 0. The van der Waals surface area contributed by atoms with Crippen LogP contribution in [0.4, 0.5) is 0 Å². The van der Waals surface area contributed by atoms with Gasteiger partial charge in [-0.1, -0.05) is 90.4 Å². The Morgan fingerprint density at radius 1 is 0.677 bits per heavy atom. The van der Waals surface area contributed by atoms with Crippen molar-refractivity contribution in [3.63, 3.8) is 0 Å². The first kappa shape index (κ1) is 18.0. The van der Waals surface area contributed by atoms with E-state index in [0.29, 0.717) is 0 Å². The Bertz CT molecular complexity index is 1380. The Hall–Kier alpha value is -3.78. The Kier molecular flexibility index (Phi) is 4.17. The number of nitrogens with zero attached hydrogens (tertiary/aromatic N) is 1. The van der Waals surface area contributed by atoms with E-state index in [2.05, 4.69) is 127 Å². The molecule has 2 aliphatic rings. The van der Waals surface area contributed by atoms with E-state index in [0.717, 1.165) is 0 Å². The topological polar surface area (TPSA) is 3.24 Å². The minimum absolute atomic E-state index is 0.222. The van der Waals surface area contributed by atoms with E-state index in [1.165, 1.54) is 49.6 Å². The molecule has 0 saturated carbocycles. The molecular weight excluding hydrogens is 373 g/mol. The number of rotatable bonds is 2. The molecule has 146 valence electrons. The van der Waals surface area contributed by atoms with E-state index in [1.807, 2.05) is 0 Å². The molecule has 0 fully saturated rings. The van der Waals surface area contributed by atoms with E-state index in [4.69, 9.17) is 0 Å². The van der Waals surface area contributed by atoms with Crippen LogP contribution in [-0.2, 0) is 0 Å². The zero-order valence-corrected chi connectivity index (χ0v) is 17.5. The number of benzene rings is 4. The lowest BCUT2D eigenvalue weighted by Crippen LogP contribution is -2.46. The van der Waals surface area contributed by atoms with E-state index in [-0.39, 0.29) is 6.85 Å². The van der Waals surface area contributed by atoms with E-state index < -0.39 is 0 Å². The van der Waals surface area contributed by atoms with Gasteiger partial charge in [-0.3, -0.25) is 0 Å². The van der Waals surface area contributed by atoms with Crippen molar-refractivity contribution in [2.45, 2.75) is 6.92 Å². The van der Waals surface area contributed by atoms with Crippen LogP contribution in [0.25, 0.3) is 33.5 Å². The molecule has 2 heteroatoms. The van der Waals surface area contributed by atoms with Gasteiger partial charge < -0.3 is 4.81 Å². The minimum atomic E-state index is 0.222. The van der Waals surface area contributed by atoms with E-state index in [9.17, 15) is 0 Å². The van der Waals surface area contributed by atoms with Gasteiger partial charge in [-0.05, 0) is 81.6 Å². The van der Waals surface area contributed by atoms with Crippen molar-refractivity contribution in [2.24, 2.45) is 0 Å². The zero-order valence-electron chi connectivity index (χ0n) is 17.5. The maximum atomic E-state index is 2.39. The maximum absolute atomic E-state index is 2.39. The van der Waals surface area contributed by atoms with Crippen molar-refractivity contribution in [1.29, 1.82) is 0 Å². The first-order valence-electron chi connectivity index (χ1n) is 10.8. The lowest BCUT2D eigenvalue weighted by atomic mass is 9.50. The highest BCUT2D eigenvalue weighted by Gasteiger charge is 2.28. The van der Waals surface area contributed by atoms with Crippen molar-refractivity contribution < 1.29 is 0 Å². The zero-order chi connectivity index (χ0) is 20.8. The summed E-state index contributed by atoms with van der Waals surface area (Å²) in [6.07, 6.45) is 8.87. The normalized spacial score (nSPS) is 14.4. The highest BCUT2D eigenvalue weighted by atomic mass is 15.0. The fraction of sp³-hybridized carbons (Fsp3) is 0.0345. The molecule has 2 aliphatic heterocycles. The quantitative estimate of drug-likeness (QED) is 0.353. The van der Waals surface area contributed by atoms with Crippen LogP contribution in [0.15, 0.2) is 109 Å². The minimum Gasteiger partial charge on any atom is -0.389 e. The predicted molar refractivity (Wildman–Crippen MR) is 134 cm³/mol. The number of hydrogen-bond acceptors (Lipinski definition) is 1. The SMILES string of the molecule is Cc1ccc(C2=CB3c4ccc5cc(-c6ccccc6)ccc5c4C=CN3C=C2)cc1. The smallest absolute Gasteiger partial charge is 0.320 e. The maximum Gasteiger partial charge on any atom is 0.320 e. The van der Waals surface area contributed by atoms with Crippen molar-refractivity contribution >= 4 is 34.7 Å². The summed E-state index contributed by atoms with van der Waals surface area (Å²) in [6, 6.07) is 30.8. The van der Waals surface area contributed by atoms with Crippen LogP contribution in [0.1, 0.15) is 16.7 Å². The van der Waals surface area contributed by atoms with Crippen molar-refractivity contribution in [3.8, 4) is 11.1 Å². The third kappa shape index (κ3) is 3.12. The second-order valence-electron chi connectivity index (χ2n) is 8.38. The first-order chi connectivity index (χ1) is 15.3. The molecule has 1 nitrogen and oxygen atoms in total. The van der Waals surface area contributed by atoms with Crippen LogP contribution < -0.4 is 5.46 Å². The van der Waals surface area contributed by atoms with Gasteiger partial charge in [0, 0.05) is 0 Å². The van der Waals surface area contributed by atoms with Gasteiger partial charge in [0.05, 0.1) is 0 Å². The molecule has 2 heterocycles. The second kappa shape index (κ2) is 7.18. The number of allylic oxidation sites excluding steroid dienone is 2. The monoisotopic (exact) mass is 395 g/mol. The lowest BCUT2D eigenvalue weighted by Gasteiger charge is -2.31. The summed E-state index contributed by atoms with van der Waals surface area (Å²) in [5, 5.41) is 2.60. The first-order valence-corrected chi connectivity index (χ1v) is 10.8. The molecule has 0 unspecified atom stereocenters. The third-order valence-electron chi connectivity index (χ3n) is 6.40. The number of aryl methyl sites for hydroxylation is 1. The number of hydrogen-bond donors (Lipinski definition) is 0. The molecule has 6 rings (SSSR count). The fourth-order valence-electron chi connectivity index (χ4n) is 4.69. The summed E-state index contributed by atoms with van der Waals surface area (Å²) in [5.41, 5.74) is 9.04.